The average molecular weight is 276 g/mol. The van der Waals surface area contributed by atoms with Gasteiger partial charge in [-0.2, -0.15) is 0 Å². The zero-order chi connectivity index (χ0) is 14.5. The first-order valence-electron chi connectivity index (χ1n) is 6.69. The van der Waals surface area contributed by atoms with Gasteiger partial charge in [-0.15, -0.1) is 0 Å². The van der Waals surface area contributed by atoms with E-state index in [2.05, 4.69) is 10.3 Å². The molecule has 2 nitrogen and oxygen atoms in total. The quantitative estimate of drug-likeness (QED) is 0.903. The molecule has 1 aromatic heterocycles. The molecule has 0 aliphatic heterocycles. The summed E-state index contributed by atoms with van der Waals surface area (Å²) in [4.78, 5) is 4.27. The van der Waals surface area contributed by atoms with Gasteiger partial charge < -0.3 is 5.32 Å². The molecule has 4 heteroatoms. The van der Waals surface area contributed by atoms with Gasteiger partial charge in [0.25, 0.3) is 0 Å². The van der Waals surface area contributed by atoms with E-state index in [0.717, 1.165) is 23.9 Å². The summed E-state index contributed by atoms with van der Waals surface area (Å²) in [5, 5.41) is 3.32. The van der Waals surface area contributed by atoms with E-state index in [9.17, 15) is 8.78 Å². The van der Waals surface area contributed by atoms with Crippen molar-refractivity contribution in [3.8, 4) is 0 Å². The van der Waals surface area contributed by atoms with Crippen LogP contribution in [-0.4, -0.2) is 11.5 Å². The molecular weight excluding hydrogens is 258 g/mol. The lowest BCUT2D eigenvalue weighted by molar-refractivity contribution is 0.537. The van der Waals surface area contributed by atoms with Gasteiger partial charge in [0.05, 0.1) is 0 Å². The van der Waals surface area contributed by atoms with E-state index in [1.54, 1.807) is 6.20 Å². The zero-order valence-electron chi connectivity index (χ0n) is 11.7. The fourth-order valence-corrected chi connectivity index (χ4v) is 2.20. The van der Waals surface area contributed by atoms with Crippen LogP contribution in [0.3, 0.4) is 0 Å². The third kappa shape index (κ3) is 3.84. The van der Waals surface area contributed by atoms with Gasteiger partial charge in [0.15, 0.2) is 0 Å². The van der Waals surface area contributed by atoms with Crippen molar-refractivity contribution in [1.29, 1.82) is 0 Å². The van der Waals surface area contributed by atoms with Crippen molar-refractivity contribution in [3.63, 3.8) is 0 Å². The number of pyridine rings is 1. The first-order valence-corrected chi connectivity index (χ1v) is 6.69. The van der Waals surface area contributed by atoms with E-state index >= 15 is 0 Å². The summed E-state index contributed by atoms with van der Waals surface area (Å²) in [5.74, 6) is -1.09. The molecule has 2 rings (SSSR count). The predicted octanol–water partition coefficient (Wildman–Crippen LogP) is 3.56. The van der Waals surface area contributed by atoms with E-state index < -0.39 is 11.6 Å². The first-order chi connectivity index (χ1) is 9.58. The summed E-state index contributed by atoms with van der Waals surface area (Å²) < 4.78 is 26.5. The van der Waals surface area contributed by atoms with Gasteiger partial charge >= 0.3 is 0 Å². The van der Waals surface area contributed by atoms with Crippen LogP contribution in [0.5, 0.6) is 0 Å². The van der Waals surface area contributed by atoms with Crippen LogP contribution in [0.25, 0.3) is 0 Å². The van der Waals surface area contributed by atoms with E-state index in [4.69, 9.17) is 0 Å². The lowest BCUT2D eigenvalue weighted by atomic mass is 9.99. The van der Waals surface area contributed by atoms with Crippen LogP contribution in [0.15, 0.2) is 36.5 Å². The van der Waals surface area contributed by atoms with Crippen molar-refractivity contribution in [2.24, 2.45) is 0 Å². The zero-order valence-corrected chi connectivity index (χ0v) is 11.7. The van der Waals surface area contributed by atoms with Crippen molar-refractivity contribution < 1.29 is 8.78 Å². The van der Waals surface area contributed by atoms with E-state index in [1.807, 2.05) is 26.0 Å². The highest BCUT2D eigenvalue weighted by Crippen LogP contribution is 2.19. The highest BCUT2D eigenvalue weighted by Gasteiger charge is 2.13. The summed E-state index contributed by atoms with van der Waals surface area (Å²) in [7, 11) is 0. The Kier molecular flexibility index (Phi) is 4.79. The molecule has 1 aromatic carbocycles. The van der Waals surface area contributed by atoms with E-state index in [1.165, 1.54) is 12.1 Å². The lowest BCUT2D eigenvalue weighted by Gasteiger charge is -2.18. The molecule has 1 heterocycles. The van der Waals surface area contributed by atoms with Crippen molar-refractivity contribution >= 4 is 0 Å². The number of rotatable bonds is 5. The van der Waals surface area contributed by atoms with Crippen molar-refractivity contribution in [2.75, 3.05) is 6.54 Å². The van der Waals surface area contributed by atoms with Crippen LogP contribution >= 0.6 is 0 Å². The topological polar surface area (TPSA) is 24.9 Å². The SMILES string of the molecule is CCNC(Cc1cc(F)cc(F)c1)c1ccc(C)nc1. The van der Waals surface area contributed by atoms with E-state index in [0.29, 0.717) is 12.0 Å². The van der Waals surface area contributed by atoms with Gasteiger partial charge in [-0.1, -0.05) is 13.0 Å². The molecule has 20 heavy (non-hydrogen) atoms. The Balaban J connectivity index is 2.22. The standard InChI is InChI=1S/C16H18F2N2/c1-3-19-16(13-5-4-11(2)20-10-13)8-12-6-14(17)9-15(18)7-12/h4-7,9-10,16,19H,3,8H2,1-2H3. The molecule has 0 bridgehead atoms. The summed E-state index contributed by atoms with van der Waals surface area (Å²) in [6.45, 7) is 4.70. The number of aromatic nitrogens is 1. The second-order valence-electron chi connectivity index (χ2n) is 4.82. The maximum Gasteiger partial charge on any atom is 0.126 e. The highest BCUT2D eigenvalue weighted by molar-refractivity contribution is 5.24. The molecular formula is C16H18F2N2. The Labute approximate surface area is 117 Å². The van der Waals surface area contributed by atoms with Crippen molar-refractivity contribution in [1.82, 2.24) is 10.3 Å². The normalized spacial score (nSPS) is 12.4. The molecule has 0 saturated heterocycles. The summed E-state index contributed by atoms with van der Waals surface area (Å²) in [6, 6.07) is 7.55. The number of hydrogen-bond donors (Lipinski definition) is 1. The first kappa shape index (κ1) is 14.6. The molecule has 0 aliphatic carbocycles. The number of halogens is 2. The van der Waals surface area contributed by atoms with Gasteiger partial charge in [-0.3, -0.25) is 4.98 Å². The number of nitrogens with one attached hydrogen (secondary N) is 1. The average Bonchev–Trinajstić information content (AvgIpc) is 2.38. The van der Waals surface area contributed by atoms with Gasteiger partial charge in [-0.25, -0.2) is 8.78 Å². The molecule has 0 fully saturated rings. The number of hydrogen-bond acceptors (Lipinski definition) is 2. The Morgan fingerprint density at radius 2 is 1.85 bits per heavy atom. The predicted molar refractivity (Wildman–Crippen MR) is 75.5 cm³/mol. The lowest BCUT2D eigenvalue weighted by Crippen LogP contribution is -2.23. The third-order valence-corrected chi connectivity index (χ3v) is 3.15. The minimum atomic E-state index is -0.544. The summed E-state index contributed by atoms with van der Waals surface area (Å²) >= 11 is 0. The van der Waals surface area contributed by atoms with Crippen molar-refractivity contribution in [3.05, 3.63) is 65.0 Å². The van der Waals surface area contributed by atoms with E-state index in [-0.39, 0.29) is 6.04 Å². The maximum atomic E-state index is 13.2. The highest BCUT2D eigenvalue weighted by atomic mass is 19.1. The monoisotopic (exact) mass is 276 g/mol. The smallest absolute Gasteiger partial charge is 0.126 e. The van der Waals surface area contributed by atoms with Gasteiger partial charge in [0, 0.05) is 24.0 Å². The molecule has 2 aromatic rings. The van der Waals surface area contributed by atoms with Gasteiger partial charge in [0.1, 0.15) is 11.6 Å². The second-order valence-corrected chi connectivity index (χ2v) is 4.82. The molecule has 0 spiro atoms. The minimum Gasteiger partial charge on any atom is -0.310 e. The minimum absolute atomic E-state index is 0.00528. The number of likely N-dealkylation sites (N-methyl/N-ethyl adjacent to an activating group) is 1. The van der Waals surface area contributed by atoms with Gasteiger partial charge in [0.2, 0.25) is 0 Å². The molecule has 0 aliphatic rings. The third-order valence-electron chi connectivity index (χ3n) is 3.15. The molecule has 106 valence electrons. The number of benzene rings is 1. The van der Waals surface area contributed by atoms with Crippen LogP contribution in [0.4, 0.5) is 8.78 Å². The Bertz CT molecular complexity index is 547. The molecule has 0 saturated carbocycles. The van der Waals surface area contributed by atoms with Crippen LogP contribution in [0.2, 0.25) is 0 Å². The van der Waals surface area contributed by atoms with Crippen LogP contribution in [0, 0.1) is 18.6 Å². The molecule has 0 amide bonds. The largest absolute Gasteiger partial charge is 0.310 e. The Hall–Kier alpha value is -1.81. The Morgan fingerprint density at radius 1 is 1.15 bits per heavy atom. The molecule has 1 unspecified atom stereocenters. The van der Waals surface area contributed by atoms with Crippen LogP contribution in [-0.2, 0) is 6.42 Å². The maximum absolute atomic E-state index is 13.2. The number of aryl methyl sites for hydroxylation is 1. The molecule has 0 radical (unpaired) electrons. The summed E-state index contributed by atoms with van der Waals surface area (Å²) in [5.41, 5.74) is 2.59. The van der Waals surface area contributed by atoms with Crippen molar-refractivity contribution in [2.45, 2.75) is 26.3 Å². The Morgan fingerprint density at radius 3 is 2.40 bits per heavy atom. The fraction of sp³-hybridized carbons (Fsp3) is 0.312. The van der Waals surface area contributed by atoms with Gasteiger partial charge in [-0.05, 0) is 49.2 Å². The van der Waals surface area contributed by atoms with Crippen LogP contribution < -0.4 is 5.32 Å². The second kappa shape index (κ2) is 6.57. The number of nitrogens with zero attached hydrogens (tertiary/aromatic N) is 1. The molecule has 1 N–H and O–H groups in total. The fourth-order valence-electron chi connectivity index (χ4n) is 2.20. The van der Waals surface area contributed by atoms with Crippen LogP contribution in [0.1, 0.15) is 29.8 Å². The summed E-state index contributed by atoms with van der Waals surface area (Å²) in [6.07, 6.45) is 2.32. The molecule has 1 atom stereocenters.